The van der Waals surface area contributed by atoms with Crippen molar-refractivity contribution in [1.29, 1.82) is 0 Å². The fourth-order valence-electron chi connectivity index (χ4n) is 6.38. The van der Waals surface area contributed by atoms with Gasteiger partial charge in [0.15, 0.2) is 11.5 Å². The van der Waals surface area contributed by atoms with Crippen molar-refractivity contribution >= 4 is 46.3 Å². The number of anilines is 1. The summed E-state index contributed by atoms with van der Waals surface area (Å²) < 4.78 is 12.8. The molecule has 1 N–H and O–H groups in total. The maximum absolute atomic E-state index is 13.3. The summed E-state index contributed by atoms with van der Waals surface area (Å²) in [4.78, 5) is 27.2. The molecular formula is C27H27ClN2O4S2. The van der Waals surface area contributed by atoms with Gasteiger partial charge in [0, 0.05) is 26.8 Å². The van der Waals surface area contributed by atoms with E-state index in [0.717, 1.165) is 15.5 Å². The summed E-state index contributed by atoms with van der Waals surface area (Å²) in [6.07, 6.45) is 3.76. The molecular weight excluding hydrogens is 516 g/mol. The summed E-state index contributed by atoms with van der Waals surface area (Å²) in [6.45, 7) is -0.00950. The van der Waals surface area contributed by atoms with Gasteiger partial charge in [-0.1, -0.05) is 29.0 Å². The molecule has 2 fully saturated rings. The van der Waals surface area contributed by atoms with Crippen LogP contribution in [0.5, 0.6) is 11.5 Å². The molecule has 2 aromatic carbocycles. The largest absolute Gasteiger partial charge is 0.493 e. The second kappa shape index (κ2) is 9.47. The van der Waals surface area contributed by atoms with Crippen LogP contribution < -0.4 is 19.7 Å². The Morgan fingerprint density at radius 1 is 1.08 bits per heavy atom. The molecule has 2 heterocycles. The molecule has 188 valence electrons. The average Bonchev–Trinajstić information content (AvgIpc) is 3.58. The number of rotatable bonds is 6. The van der Waals surface area contributed by atoms with Crippen LogP contribution in [0.2, 0.25) is 5.02 Å². The fraction of sp³-hybridized carbons (Fsp3) is 0.407. The molecule has 2 aliphatic carbocycles. The Morgan fingerprint density at radius 3 is 2.58 bits per heavy atom. The first-order chi connectivity index (χ1) is 17.5. The van der Waals surface area contributed by atoms with Gasteiger partial charge in [-0.15, -0.1) is 11.8 Å². The van der Waals surface area contributed by atoms with E-state index in [2.05, 4.69) is 17.4 Å². The third-order valence-corrected chi connectivity index (χ3v) is 11.0. The van der Waals surface area contributed by atoms with Gasteiger partial charge in [-0.3, -0.25) is 14.2 Å². The zero-order valence-corrected chi connectivity index (χ0v) is 22.4. The van der Waals surface area contributed by atoms with Gasteiger partial charge in [-0.25, -0.2) is 0 Å². The minimum atomic E-state index is -0.224. The van der Waals surface area contributed by atoms with Gasteiger partial charge in [0.1, 0.15) is 6.54 Å². The molecule has 0 saturated heterocycles. The van der Waals surface area contributed by atoms with Gasteiger partial charge in [0.25, 0.3) is 0 Å². The van der Waals surface area contributed by atoms with E-state index in [9.17, 15) is 9.59 Å². The predicted molar refractivity (Wildman–Crippen MR) is 144 cm³/mol. The van der Waals surface area contributed by atoms with Gasteiger partial charge in [0.05, 0.1) is 19.2 Å². The normalized spacial score (nSPS) is 25.8. The molecule has 3 aromatic rings. The van der Waals surface area contributed by atoms with Crippen LogP contribution in [0.1, 0.15) is 35.6 Å². The number of amides is 1. The van der Waals surface area contributed by atoms with Crippen molar-refractivity contribution in [2.45, 2.75) is 42.0 Å². The average molecular weight is 543 g/mol. The maximum Gasteiger partial charge on any atom is 0.308 e. The van der Waals surface area contributed by atoms with Crippen LogP contribution in [-0.4, -0.2) is 29.9 Å². The third kappa shape index (κ3) is 4.03. The predicted octanol–water partition coefficient (Wildman–Crippen LogP) is 5.87. The molecule has 6 rings (SSSR count). The Labute approximate surface area is 223 Å². The number of carbonyl (C=O) groups excluding carboxylic acids is 1. The Bertz CT molecular complexity index is 1370. The van der Waals surface area contributed by atoms with Crippen LogP contribution in [-0.2, 0) is 11.3 Å². The molecule has 4 unspecified atom stereocenters. The number of nitrogens with one attached hydrogen (secondary N) is 1. The highest BCUT2D eigenvalue weighted by atomic mass is 35.5. The summed E-state index contributed by atoms with van der Waals surface area (Å²) >= 11 is 9.07. The van der Waals surface area contributed by atoms with Crippen molar-refractivity contribution in [1.82, 2.24) is 4.57 Å². The smallest absolute Gasteiger partial charge is 0.308 e. The molecule has 0 radical (unpaired) electrons. The number of hydrogen-bond acceptors (Lipinski definition) is 6. The zero-order valence-electron chi connectivity index (χ0n) is 20.0. The van der Waals surface area contributed by atoms with Gasteiger partial charge in [-0.2, -0.15) is 0 Å². The number of ether oxygens (including phenoxy) is 2. The Hall–Kier alpha value is -2.42. The van der Waals surface area contributed by atoms with Crippen LogP contribution in [0, 0.1) is 17.8 Å². The summed E-state index contributed by atoms with van der Waals surface area (Å²) in [7, 11) is 3.29. The molecule has 2 bridgehead atoms. The van der Waals surface area contributed by atoms with E-state index in [-0.39, 0.29) is 23.2 Å². The summed E-state index contributed by atoms with van der Waals surface area (Å²) in [5, 5.41) is 4.90. The number of fused-ring (bicyclic) bond motifs is 6. The Morgan fingerprint density at radius 2 is 1.83 bits per heavy atom. The van der Waals surface area contributed by atoms with Crippen molar-refractivity contribution in [3.63, 3.8) is 0 Å². The summed E-state index contributed by atoms with van der Waals surface area (Å²) in [5.41, 5.74) is 1.81. The van der Waals surface area contributed by atoms with Crippen molar-refractivity contribution in [2.24, 2.45) is 17.8 Å². The van der Waals surface area contributed by atoms with Crippen LogP contribution >= 0.6 is 34.7 Å². The topological polar surface area (TPSA) is 69.6 Å². The van der Waals surface area contributed by atoms with E-state index in [0.29, 0.717) is 45.2 Å². The quantitative estimate of drug-likeness (QED) is 0.422. The van der Waals surface area contributed by atoms with E-state index >= 15 is 0 Å². The second-order valence-electron chi connectivity index (χ2n) is 9.76. The lowest BCUT2D eigenvalue weighted by atomic mass is 9.75. The number of thiazole rings is 1. The molecule has 36 heavy (non-hydrogen) atoms. The number of methoxy groups -OCH3 is 2. The Balaban J connectivity index is 1.38. The number of benzene rings is 2. The van der Waals surface area contributed by atoms with Gasteiger partial charge in [0.2, 0.25) is 5.91 Å². The highest BCUT2D eigenvalue weighted by Gasteiger charge is 2.55. The molecule has 2 saturated carbocycles. The second-order valence-corrected chi connectivity index (χ2v) is 12.4. The van der Waals surface area contributed by atoms with Crippen molar-refractivity contribution < 1.29 is 14.3 Å². The number of hydrogen-bond donors (Lipinski definition) is 1. The third-order valence-electron chi connectivity index (χ3n) is 7.89. The van der Waals surface area contributed by atoms with Gasteiger partial charge < -0.3 is 14.8 Å². The number of thioether (sulfide) groups is 1. The molecule has 1 aromatic heterocycles. The lowest BCUT2D eigenvalue weighted by Gasteiger charge is -2.40. The molecule has 9 heteroatoms. The highest BCUT2D eigenvalue weighted by molar-refractivity contribution is 8.00. The van der Waals surface area contributed by atoms with Gasteiger partial charge >= 0.3 is 4.87 Å². The van der Waals surface area contributed by atoms with E-state index in [1.165, 1.54) is 30.6 Å². The number of carbonyl (C=O) groups is 1. The Kier molecular flexibility index (Phi) is 6.30. The van der Waals surface area contributed by atoms with Crippen molar-refractivity contribution in [3.05, 3.63) is 67.6 Å². The van der Waals surface area contributed by atoms with E-state index in [1.807, 2.05) is 17.8 Å². The first-order valence-corrected chi connectivity index (χ1v) is 14.2. The lowest BCUT2D eigenvalue weighted by molar-refractivity contribution is -0.116. The molecule has 5 atom stereocenters. The van der Waals surface area contributed by atoms with E-state index in [4.69, 9.17) is 21.1 Å². The number of nitrogens with zero attached hydrogens (tertiary/aromatic N) is 1. The minimum Gasteiger partial charge on any atom is -0.493 e. The highest BCUT2D eigenvalue weighted by Crippen LogP contribution is 2.64. The molecule has 6 nitrogen and oxygen atoms in total. The SMILES string of the molecule is COc1ccc([C@H]2c3sc(=O)n(CC(=O)Nc4ccc(Cl)cc4)c3SC3C4CCC(C4)C32)cc1OC. The standard InChI is InChI=1S/C27H27ClN2O4S2/c1-33-19-10-5-15(12-20(19)34-2)23-22-14-3-4-16(11-14)24(22)35-26-25(23)36-27(32)30(26)13-21(31)29-18-8-6-17(28)7-9-18/h5-10,12,14,16,22-24H,3-4,11,13H2,1-2H3,(H,29,31)/t14?,16?,22?,23-,24?/m1/s1. The monoisotopic (exact) mass is 542 g/mol. The minimum absolute atomic E-state index is 0.00950. The van der Waals surface area contributed by atoms with E-state index < -0.39 is 0 Å². The van der Waals surface area contributed by atoms with Crippen LogP contribution in [0.3, 0.4) is 0 Å². The molecule has 1 aliphatic heterocycles. The maximum atomic E-state index is 13.3. The number of halogens is 1. The molecule has 3 aliphatic rings. The zero-order chi connectivity index (χ0) is 25.0. The van der Waals surface area contributed by atoms with E-state index in [1.54, 1.807) is 43.1 Å². The van der Waals surface area contributed by atoms with Gasteiger partial charge in [-0.05, 0) is 79.0 Å². The first kappa shape index (κ1) is 23.9. The first-order valence-electron chi connectivity index (χ1n) is 12.1. The molecule has 1 amide bonds. The van der Waals surface area contributed by atoms with Crippen molar-refractivity contribution in [2.75, 3.05) is 19.5 Å². The fourth-order valence-corrected chi connectivity index (χ4v) is 9.66. The number of aromatic nitrogens is 1. The van der Waals surface area contributed by atoms with Crippen LogP contribution in [0.15, 0.2) is 52.3 Å². The summed E-state index contributed by atoms with van der Waals surface area (Å²) in [6, 6.07) is 13.1. The van der Waals surface area contributed by atoms with Crippen LogP contribution in [0.25, 0.3) is 0 Å². The summed E-state index contributed by atoms with van der Waals surface area (Å²) in [5.74, 6) is 3.08. The van der Waals surface area contributed by atoms with Crippen molar-refractivity contribution in [3.8, 4) is 11.5 Å². The molecule has 0 spiro atoms. The van der Waals surface area contributed by atoms with Crippen LogP contribution in [0.4, 0.5) is 5.69 Å². The lowest BCUT2D eigenvalue weighted by Crippen LogP contribution is -2.34.